The van der Waals surface area contributed by atoms with Crippen LogP contribution >= 0.6 is 0 Å². The second-order valence-corrected chi connectivity index (χ2v) is 6.08. The first-order valence-corrected chi connectivity index (χ1v) is 7.15. The zero-order chi connectivity index (χ0) is 13.2. The predicted octanol–water partition coefficient (Wildman–Crippen LogP) is 0.404. The van der Waals surface area contributed by atoms with E-state index in [1.54, 1.807) is 12.1 Å². The summed E-state index contributed by atoms with van der Waals surface area (Å²) in [6, 6.07) is 3.20. The van der Waals surface area contributed by atoms with Crippen molar-refractivity contribution in [2.75, 3.05) is 19.4 Å². The maximum absolute atomic E-state index is 11.7. The van der Waals surface area contributed by atoms with Crippen molar-refractivity contribution < 1.29 is 17.9 Å². The topological polar surface area (TPSA) is 76.6 Å². The van der Waals surface area contributed by atoms with E-state index in [0.29, 0.717) is 24.2 Å². The van der Waals surface area contributed by atoms with E-state index >= 15 is 0 Å². The number of carbonyl (C=O) groups is 1. The zero-order valence-corrected chi connectivity index (χ0v) is 10.8. The van der Waals surface area contributed by atoms with Gasteiger partial charge in [0.05, 0.1) is 30.7 Å². The number of nitrogens with zero attached hydrogens (tertiary/aromatic N) is 2. The van der Waals surface area contributed by atoms with E-state index in [0.717, 1.165) is 0 Å². The lowest BCUT2D eigenvalue weighted by Gasteiger charge is -2.15. The number of hydrogen-bond acceptors (Lipinski definition) is 5. The summed E-state index contributed by atoms with van der Waals surface area (Å²) in [6.07, 6.45) is 2.15. The molecule has 1 aliphatic rings. The molecule has 1 saturated heterocycles. The summed E-state index contributed by atoms with van der Waals surface area (Å²) in [7, 11) is -1.91. The molecule has 0 atom stereocenters. The van der Waals surface area contributed by atoms with Gasteiger partial charge >= 0.3 is 5.97 Å². The van der Waals surface area contributed by atoms with Crippen LogP contribution in [0, 0.1) is 0 Å². The molecule has 18 heavy (non-hydrogen) atoms. The van der Waals surface area contributed by atoms with Crippen LogP contribution in [-0.4, -0.2) is 43.1 Å². The minimum absolute atomic E-state index is 0.119. The Morgan fingerprint density at radius 1 is 1.56 bits per heavy atom. The van der Waals surface area contributed by atoms with Crippen LogP contribution in [0.4, 0.5) is 0 Å². The molecule has 6 nitrogen and oxygen atoms in total. The van der Waals surface area contributed by atoms with Gasteiger partial charge in [0.15, 0.2) is 0 Å². The Hall–Kier alpha value is -1.47. The van der Waals surface area contributed by atoms with Gasteiger partial charge in [0.2, 0.25) is 10.0 Å². The number of hydrogen-bond donors (Lipinski definition) is 0. The summed E-state index contributed by atoms with van der Waals surface area (Å²) < 4.78 is 29.4. The maximum atomic E-state index is 11.7. The normalized spacial score (nSPS) is 18.7. The minimum Gasteiger partial charge on any atom is -0.465 e. The fraction of sp³-hybridized carbons (Fsp3) is 0.455. The summed E-state index contributed by atoms with van der Waals surface area (Å²) in [5, 5.41) is 0. The van der Waals surface area contributed by atoms with Crippen LogP contribution in [0.3, 0.4) is 0 Å². The largest absolute Gasteiger partial charge is 0.465 e. The van der Waals surface area contributed by atoms with Crippen LogP contribution in [0.25, 0.3) is 0 Å². The van der Waals surface area contributed by atoms with Crippen LogP contribution in [0.2, 0.25) is 0 Å². The monoisotopic (exact) mass is 270 g/mol. The molecule has 0 aliphatic carbocycles. The lowest BCUT2D eigenvalue weighted by Crippen LogP contribution is -2.26. The van der Waals surface area contributed by atoms with E-state index in [1.165, 1.54) is 17.6 Å². The second kappa shape index (κ2) is 5.03. The maximum Gasteiger partial charge on any atom is 0.339 e. The number of esters is 1. The molecule has 98 valence electrons. The highest BCUT2D eigenvalue weighted by molar-refractivity contribution is 7.89. The number of carbonyl (C=O) groups excluding carboxylic acids is 1. The molecule has 0 N–H and O–H groups in total. The van der Waals surface area contributed by atoms with Crippen LogP contribution in [-0.2, 0) is 21.3 Å². The van der Waals surface area contributed by atoms with Gasteiger partial charge in [-0.15, -0.1) is 0 Å². The highest BCUT2D eigenvalue weighted by Crippen LogP contribution is 2.18. The third-order valence-electron chi connectivity index (χ3n) is 2.82. The van der Waals surface area contributed by atoms with E-state index in [9.17, 15) is 13.2 Å². The summed E-state index contributed by atoms with van der Waals surface area (Å²) in [5.41, 5.74) is 0.733. The fourth-order valence-electron chi connectivity index (χ4n) is 1.90. The lowest BCUT2D eigenvalue weighted by molar-refractivity contribution is 0.0598. The average Bonchev–Trinajstić information content (AvgIpc) is 2.68. The first-order valence-electron chi connectivity index (χ1n) is 5.54. The fourth-order valence-corrected chi connectivity index (χ4v) is 3.37. The van der Waals surface area contributed by atoms with Crippen molar-refractivity contribution in [1.82, 2.24) is 9.29 Å². The number of ether oxygens (including phenoxy) is 1. The molecule has 0 radical (unpaired) electrons. The highest BCUT2D eigenvalue weighted by Gasteiger charge is 2.29. The molecular formula is C11H14N2O4S. The smallest absolute Gasteiger partial charge is 0.339 e. The summed E-state index contributed by atoms with van der Waals surface area (Å²) in [5.74, 6) is -0.345. The summed E-state index contributed by atoms with van der Waals surface area (Å²) >= 11 is 0. The molecule has 0 amide bonds. The molecule has 0 spiro atoms. The lowest BCUT2D eigenvalue weighted by atomic mass is 10.2. The van der Waals surface area contributed by atoms with Crippen LogP contribution in [0.1, 0.15) is 22.5 Å². The van der Waals surface area contributed by atoms with Crippen LogP contribution in [0.5, 0.6) is 0 Å². The molecule has 1 aromatic heterocycles. The SMILES string of the molecule is COC(=O)c1cccnc1CN1CCCS1(=O)=O. The average molecular weight is 270 g/mol. The van der Waals surface area contributed by atoms with Gasteiger partial charge in [0.25, 0.3) is 0 Å². The van der Waals surface area contributed by atoms with Gasteiger partial charge in [-0.1, -0.05) is 0 Å². The summed E-state index contributed by atoms with van der Waals surface area (Å²) in [6.45, 7) is 0.590. The Balaban J connectivity index is 2.27. The number of aromatic nitrogens is 1. The molecular weight excluding hydrogens is 256 g/mol. The van der Waals surface area contributed by atoms with Crippen molar-refractivity contribution in [2.45, 2.75) is 13.0 Å². The van der Waals surface area contributed by atoms with Crippen molar-refractivity contribution in [3.63, 3.8) is 0 Å². The molecule has 7 heteroatoms. The van der Waals surface area contributed by atoms with Crippen molar-refractivity contribution in [1.29, 1.82) is 0 Å². The van der Waals surface area contributed by atoms with Crippen molar-refractivity contribution in [3.05, 3.63) is 29.6 Å². The predicted molar refractivity (Wildman–Crippen MR) is 64.4 cm³/mol. The molecule has 2 heterocycles. The van der Waals surface area contributed by atoms with Crippen LogP contribution in [0.15, 0.2) is 18.3 Å². The van der Waals surface area contributed by atoms with Crippen molar-refractivity contribution in [3.8, 4) is 0 Å². The van der Waals surface area contributed by atoms with Gasteiger partial charge < -0.3 is 4.74 Å². The van der Waals surface area contributed by atoms with Gasteiger partial charge in [-0.3, -0.25) is 4.98 Å². The van der Waals surface area contributed by atoms with Crippen LogP contribution < -0.4 is 0 Å². The van der Waals surface area contributed by atoms with E-state index in [2.05, 4.69) is 9.72 Å². The molecule has 0 saturated carbocycles. The molecule has 1 aliphatic heterocycles. The molecule has 1 aromatic rings. The molecule has 0 bridgehead atoms. The Bertz CT molecular complexity index is 556. The number of pyridine rings is 1. The van der Waals surface area contributed by atoms with Crippen molar-refractivity contribution >= 4 is 16.0 Å². The van der Waals surface area contributed by atoms with Gasteiger partial charge in [-0.25, -0.2) is 13.2 Å². The van der Waals surface area contributed by atoms with Gasteiger partial charge in [-0.05, 0) is 18.6 Å². The molecule has 0 aromatic carbocycles. The Morgan fingerprint density at radius 2 is 2.33 bits per heavy atom. The van der Waals surface area contributed by atoms with E-state index in [4.69, 9.17) is 0 Å². The minimum atomic E-state index is -3.19. The zero-order valence-electron chi connectivity index (χ0n) is 10.00. The van der Waals surface area contributed by atoms with Gasteiger partial charge in [0, 0.05) is 12.7 Å². The molecule has 0 unspecified atom stereocenters. The molecule has 2 rings (SSSR count). The molecule has 1 fully saturated rings. The van der Waals surface area contributed by atoms with Gasteiger partial charge in [0.1, 0.15) is 0 Å². The summed E-state index contributed by atoms with van der Waals surface area (Å²) in [4.78, 5) is 15.6. The Morgan fingerprint density at radius 3 is 2.94 bits per heavy atom. The van der Waals surface area contributed by atoms with E-state index in [-0.39, 0.29) is 12.3 Å². The number of methoxy groups -OCH3 is 1. The quantitative estimate of drug-likeness (QED) is 0.743. The third kappa shape index (κ3) is 2.51. The van der Waals surface area contributed by atoms with Crippen molar-refractivity contribution in [2.24, 2.45) is 0 Å². The second-order valence-electron chi connectivity index (χ2n) is 3.99. The number of rotatable bonds is 3. The van der Waals surface area contributed by atoms with E-state index < -0.39 is 16.0 Å². The highest BCUT2D eigenvalue weighted by atomic mass is 32.2. The standard InChI is InChI=1S/C11H14N2O4S/c1-17-11(14)9-4-2-5-12-10(9)8-13-6-3-7-18(13,15)16/h2,4-5H,3,6-8H2,1H3. The van der Waals surface area contributed by atoms with Gasteiger partial charge in [-0.2, -0.15) is 4.31 Å². The van der Waals surface area contributed by atoms with E-state index in [1.807, 2.05) is 0 Å². The Kier molecular flexibility index (Phi) is 3.63. The first-order chi connectivity index (χ1) is 8.54. The third-order valence-corrected chi connectivity index (χ3v) is 4.73. The Labute approximate surface area is 106 Å². The number of sulfonamides is 1. The first kappa shape index (κ1) is 13.0.